The van der Waals surface area contributed by atoms with Crippen LogP contribution in [0.4, 0.5) is 4.39 Å². The molecule has 3 rings (SSSR count). The number of aromatic nitrogens is 1. The summed E-state index contributed by atoms with van der Waals surface area (Å²) in [5, 5.41) is 0. The average Bonchev–Trinajstić information content (AvgIpc) is 2.82. The Morgan fingerprint density at radius 3 is 2.36 bits per heavy atom. The number of thiazole rings is 1. The molecule has 1 heterocycles. The molecule has 0 atom stereocenters. The topological polar surface area (TPSA) is 34.4 Å². The van der Waals surface area contributed by atoms with E-state index in [2.05, 4.69) is 17.1 Å². The van der Waals surface area contributed by atoms with E-state index in [0.717, 1.165) is 21.3 Å². The van der Waals surface area contributed by atoms with E-state index in [0.29, 0.717) is 10.4 Å². The van der Waals surface area contributed by atoms with Crippen molar-refractivity contribution in [2.45, 2.75) is 13.8 Å². The quantitative estimate of drug-likeness (QED) is 0.674. The number of hydrogen-bond donors (Lipinski definition) is 0. The highest BCUT2D eigenvalue weighted by Gasteiger charge is 2.10. The summed E-state index contributed by atoms with van der Waals surface area (Å²) in [5.74, 6) is -0.729. The molecule has 3 aromatic rings. The van der Waals surface area contributed by atoms with Gasteiger partial charge in [0.1, 0.15) is 5.82 Å². The van der Waals surface area contributed by atoms with Gasteiger partial charge in [-0.05, 0) is 49.2 Å². The molecule has 0 fully saturated rings. The van der Waals surface area contributed by atoms with E-state index in [1.165, 1.54) is 35.6 Å². The second-order valence-corrected chi connectivity index (χ2v) is 6.22. The monoisotopic (exact) mass is 314 g/mol. The minimum absolute atomic E-state index is 0.363. The molecule has 1 aromatic heterocycles. The minimum Gasteiger partial charge on any atom is -0.319 e. The van der Waals surface area contributed by atoms with E-state index >= 15 is 0 Å². The van der Waals surface area contributed by atoms with Gasteiger partial charge in [-0.1, -0.05) is 23.5 Å². The minimum atomic E-state index is -0.366. The van der Waals surface area contributed by atoms with Crippen LogP contribution in [0.25, 0.3) is 10.2 Å². The first-order valence-corrected chi connectivity index (χ1v) is 7.69. The zero-order valence-electron chi connectivity index (χ0n) is 12.6. The standard InChI is InChI=1S/C17H15FN2OS/c1-10-4-5-11(2)15-14(10)20(3)17(22-15)19-16(21)12-6-8-13(18)9-7-12/h4-9H,1-3H3. The van der Waals surface area contributed by atoms with Crippen molar-refractivity contribution in [2.75, 3.05) is 0 Å². The first kappa shape index (κ1) is 14.7. The van der Waals surface area contributed by atoms with E-state index in [4.69, 9.17) is 0 Å². The van der Waals surface area contributed by atoms with Gasteiger partial charge in [0.05, 0.1) is 10.2 Å². The maximum absolute atomic E-state index is 12.9. The fourth-order valence-electron chi connectivity index (χ4n) is 2.41. The number of carbonyl (C=O) groups is 1. The molecule has 0 saturated heterocycles. The third-order valence-electron chi connectivity index (χ3n) is 3.63. The molecular weight excluding hydrogens is 299 g/mol. The van der Waals surface area contributed by atoms with Crippen molar-refractivity contribution < 1.29 is 9.18 Å². The molecule has 0 bridgehead atoms. The number of carbonyl (C=O) groups excluding carboxylic acids is 1. The lowest BCUT2D eigenvalue weighted by molar-refractivity contribution is 0.0998. The maximum Gasteiger partial charge on any atom is 0.279 e. The van der Waals surface area contributed by atoms with Gasteiger partial charge in [0.15, 0.2) is 4.80 Å². The van der Waals surface area contributed by atoms with Crippen LogP contribution in [-0.4, -0.2) is 10.5 Å². The van der Waals surface area contributed by atoms with Crippen molar-refractivity contribution in [1.82, 2.24) is 4.57 Å². The second-order valence-electron chi connectivity index (χ2n) is 5.24. The van der Waals surface area contributed by atoms with Crippen molar-refractivity contribution in [3.8, 4) is 0 Å². The predicted octanol–water partition coefficient (Wildman–Crippen LogP) is 3.74. The molecule has 1 amide bonds. The first-order chi connectivity index (χ1) is 10.5. The Balaban J connectivity index is 2.15. The smallest absolute Gasteiger partial charge is 0.279 e. The van der Waals surface area contributed by atoms with Crippen LogP contribution in [0.3, 0.4) is 0 Å². The summed E-state index contributed by atoms with van der Waals surface area (Å²) in [5.41, 5.74) is 3.79. The highest BCUT2D eigenvalue weighted by atomic mass is 32.1. The second kappa shape index (κ2) is 5.50. The molecule has 0 aliphatic carbocycles. The fraction of sp³-hybridized carbons (Fsp3) is 0.176. The largest absolute Gasteiger partial charge is 0.319 e. The van der Waals surface area contributed by atoms with Gasteiger partial charge in [-0.2, -0.15) is 4.99 Å². The summed E-state index contributed by atoms with van der Waals surface area (Å²) in [4.78, 5) is 17.1. The first-order valence-electron chi connectivity index (χ1n) is 6.88. The van der Waals surface area contributed by atoms with Gasteiger partial charge in [0.25, 0.3) is 5.91 Å². The highest BCUT2D eigenvalue weighted by Crippen LogP contribution is 2.24. The number of fused-ring (bicyclic) bond motifs is 1. The zero-order valence-corrected chi connectivity index (χ0v) is 13.4. The molecule has 0 radical (unpaired) electrons. The number of amides is 1. The van der Waals surface area contributed by atoms with E-state index < -0.39 is 0 Å². The van der Waals surface area contributed by atoms with Crippen LogP contribution in [-0.2, 0) is 7.05 Å². The van der Waals surface area contributed by atoms with Crippen LogP contribution in [0.1, 0.15) is 21.5 Å². The van der Waals surface area contributed by atoms with Crippen LogP contribution in [0.5, 0.6) is 0 Å². The lowest BCUT2D eigenvalue weighted by atomic mass is 10.1. The Morgan fingerprint density at radius 2 is 1.73 bits per heavy atom. The Hall–Kier alpha value is -2.27. The molecule has 112 valence electrons. The van der Waals surface area contributed by atoms with Gasteiger partial charge in [-0.25, -0.2) is 4.39 Å². The highest BCUT2D eigenvalue weighted by molar-refractivity contribution is 7.16. The van der Waals surface area contributed by atoms with Gasteiger partial charge in [-0.3, -0.25) is 4.79 Å². The summed E-state index contributed by atoms with van der Waals surface area (Å²) >= 11 is 1.49. The van der Waals surface area contributed by atoms with Gasteiger partial charge in [0.2, 0.25) is 0 Å². The zero-order chi connectivity index (χ0) is 15.9. The normalized spacial score (nSPS) is 12.1. The Morgan fingerprint density at radius 1 is 1.09 bits per heavy atom. The van der Waals surface area contributed by atoms with Crippen molar-refractivity contribution in [2.24, 2.45) is 12.0 Å². The van der Waals surface area contributed by atoms with Crippen molar-refractivity contribution in [3.05, 3.63) is 63.7 Å². The molecule has 2 aromatic carbocycles. The number of halogens is 1. The van der Waals surface area contributed by atoms with Crippen LogP contribution >= 0.6 is 11.3 Å². The van der Waals surface area contributed by atoms with Crippen LogP contribution in [0.2, 0.25) is 0 Å². The molecule has 0 N–H and O–H groups in total. The van der Waals surface area contributed by atoms with Gasteiger partial charge >= 0.3 is 0 Å². The maximum atomic E-state index is 12.9. The summed E-state index contributed by atoms with van der Waals surface area (Å²) in [6.07, 6.45) is 0. The molecule has 3 nitrogen and oxygen atoms in total. The average molecular weight is 314 g/mol. The summed E-state index contributed by atoms with van der Waals surface area (Å²) < 4.78 is 16.0. The van der Waals surface area contributed by atoms with Crippen LogP contribution in [0, 0.1) is 19.7 Å². The molecule has 22 heavy (non-hydrogen) atoms. The van der Waals surface area contributed by atoms with E-state index in [-0.39, 0.29) is 11.7 Å². The van der Waals surface area contributed by atoms with Crippen LogP contribution in [0.15, 0.2) is 41.4 Å². The summed E-state index contributed by atoms with van der Waals surface area (Å²) in [6.45, 7) is 4.09. The SMILES string of the molecule is Cc1ccc(C)c2c1sc(=NC(=O)c1ccc(F)cc1)n2C. The van der Waals surface area contributed by atoms with Gasteiger partial charge in [-0.15, -0.1) is 0 Å². The summed E-state index contributed by atoms with van der Waals surface area (Å²) in [6, 6.07) is 9.57. The molecule has 0 spiro atoms. The molecule has 0 saturated carbocycles. The third-order valence-corrected chi connectivity index (χ3v) is 4.90. The van der Waals surface area contributed by atoms with Gasteiger partial charge in [0, 0.05) is 12.6 Å². The summed E-state index contributed by atoms with van der Waals surface area (Å²) in [7, 11) is 1.90. The molecule has 5 heteroatoms. The van der Waals surface area contributed by atoms with Crippen molar-refractivity contribution >= 4 is 27.5 Å². The number of benzene rings is 2. The number of rotatable bonds is 1. The van der Waals surface area contributed by atoms with E-state index in [9.17, 15) is 9.18 Å². The van der Waals surface area contributed by atoms with Crippen LogP contribution < -0.4 is 4.80 Å². The lowest BCUT2D eigenvalue weighted by Crippen LogP contribution is -2.13. The molecule has 0 unspecified atom stereocenters. The molecule has 0 aliphatic heterocycles. The Bertz CT molecular complexity index is 936. The van der Waals surface area contributed by atoms with E-state index in [1.807, 2.05) is 25.5 Å². The number of nitrogens with zero attached hydrogens (tertiary/aromatic N) is 2. The molecular formula is C17H15FN2OS. The number of hydrogen-bond acceptors (Lipinski definition) is 2. The van der Waals surface area contributed by atoms with Crippen molar-refractivity contribution in [1.29, 1.82) is 0 Å². The number of aryl methyl sites for hydroxylation is 3. The molecule has 0 aliphatic rings. The third kappa shape index (κ3) is 2.48. The Labute approximate surface area is 131 Å². The predicted molar refractivity (Wildman–Crippen MR) is 86.6 cm³/mol. The Kier molecular flexibility index (Phi) is 3.66. The van der Waals surface area contributed by atoms with Gasteiger partial charge < -0.3 is 4.57 Å². The van der Waals surface area contributed by atoms with E-state index in [1.54, 1.807) is 0 Å². The van der Waals surface area contributed by atoms with Crippen molar-refractivity contribution in [3.63, 3.8) is 0 Å². The lowest BCUT2D eigenvalue weighted by Gasteiger charge is -2.01. The fourth-order valence-corrected chi connectivity index (χ4v) is 3.58.